The Kier molecular flexibility index (Phi) is 7.40. The van der Waals surface area contributed by atoms with Crippen LogP contribution in [0.25, 0.3) is 0 Å². The molecule has 0 N–H and O–H groups in total. The van der Waals surface area contributed by atoms with Crippen molar-refractivity contribution in [1.29, 1.82) is 0 Å². The van der Waals surface area contributed by atoms with Gasteiger partial charge in [0.1, 0.15) is 0 Å². The largest absolute Gasteiger partial charge is 0.334 e. The van der Waals surface area contributed by atoms with Gasteiger partial charge >= 0.3 is 0 Å². The molecule has 106 valence electrons. The van der Waals surface area contributed by atoms with Gasteiger partial charge in [-0.05, 0) is 31.0 Å². The van der Waals surface area contributed by atoms with Gasteiger partial charge in [0.05, 0.1) is 0 Å². The molecule has 1 aromatic rings. The third-order valence-electron chi connectivity index (χ3n) is 3.08. The summed E-state index contributed by atoms with van der Waals surface area (Å²) in [5.41, 5.74) is 0.679. The lowest BCUT2D eigenvalue weighted by Gasteiger charge is -2.30. The van der Waals surface area contributed by atoms with E-state index in [1.54, 1.807) is 0 Å². The molecule has 0 aliphatic rings. The van der Waals surface area contributed by atoms with Crippen LogP contribution in [0.2, 0.25) is 0 Å². The third kappa shape index (κ3) is 4.76. The first kappa shape index (κ1) is 17.0. The molecule has 0 radical (unpaired) electrons. The van der Waals surface area contributed by atoms with Crippen molar-refractivity contribution in [1.82, 2.24) is 4.90 Å². The third-order valence-corrected chi connectivity index (χ3v) is 4.16. The van der Waals surface area contributed by atoms with Crippen LogP contribution in [0.5, 0.6) is 0 Å². The minimum atomic E-state index is 0.0383. The Hall–Kier alpha value is -0.0600. The molecule has 1 amide bonds. The van der Waals surface area contributed by atoms with Crippen LogP contribution in [0, 0.1) is 0 Å². The highest BCUT2D eigenvalue weighted by molar-refractivity contribution is 9.11. The molecule has 0 aliphatic heterocycles. The predicted molar refractivity (Wildman–Crippen MR) is 88.0 cm³/mol. The zero-order valence-corrected chi connectivity index (χ0v) is 15.1. The summed E-state index contributed by atoms with van der Waals surface area (Å²) < 4.78 is 1.78. The minimum absolute atomic E-state index is 0.0383. The van der Waals surface area contributed by atoms with Crippen LogP contribution in [0.15, 0.2) is 27.1 Å². The van der Waals surface area contributed by atoms with Gasteiger partial charge in [-0.25, -0.2) is 0 Å². The first-order chi connectivity index (χ1) is 9.03. The Balaban J connectivity index is 3.04. The number of hydrogen-bond donors (Lipinski definition) is 0. The van der Waals surface area contributed by atoms with Crippen molar-refractivity contribution in [2.45, 2.75) is 32.7 Å². The van der Waals surface area contributed by atoms with Gasteiger partial charge in [0, 0.05) is 33.0 Å². The van der Waals surface area contributed by atoms with E-state index in [2.05, 4.69) is 45.7 Å². The quantitative estimate of drug-likeness (QED) is 0.598. The summed E-state index contributed by atoms with van der Waals surface area (Å²) >= 11 is 12.7. The minimum Gasteiger partial charge on any atom is -0.334 e. The van der Waals surface area contributed by atoms with E-state index < -0.39 is 0 Å². The second-order valence-corrected chi connectivity index (χ2v) is 6.53. The summed E-state index contributed by atoms with van der Waals surface area (Å²) in [5.74, 6) is 0.494. The molecule has 0 saturated heterocycles. The van der Waals surface area contributed by atoms with Crippen LogP contribution >= 0.6 is 43.5 Å². The summed E-state index contributed by atoms with van der Waals surface area (Å²) in [6.45, 7) is 4.77. The first-order valence-corrected chi connectivity index (χ1v) is 8.48. The summed E-state index contributed by atoms with van der Waals surface area (Å²) in [6, 6.07) is 5.84. The number of hydrogen-bond acceptors (Lipinski definition) is 1. The van der Waals surface area contributed by atoms with Crippen molar-refractivity contribution >= 4 is 49.4 Å². The van der Waals surface area contributed by atoms with E-state index in [9.17, 15) is 4.79 Å². The van der Waals surface area contributed by atoms with Crippen LogP contribution in [0.4, 0.5) is 0 Å². The lowest BCUT2D eigenvalue weighted by atomic mass is 10.1. The smallest absolute Gasteiger partial charge is 0.254 e. The van der Waals surface area contributed by atoms with Crippen LogP contribution < -0.4 is 0 Å². The maximum absolute atomic E-state index is 12.6. The van der Waals surface area contributed by atoms with E-state index in [1.165, 1.54) is 0 Å². The van der Waals surface area contributed by atoms with Gasteiger partial charge in [0.25, 0.3) is 5.91 Å². The fourth-order valence-corrected chi connectivity index (χ4v) is 3.59. The molecule has 0 heterocycles. The Morgan fingerprint density at radius 1 is 1.21 bits per heavy atom. The summed E-state index contributed by atoms with van der Waals surface area (Å²) in [6.07, 6.45) is 1.88. The second-order valence-electron chi connectivity index (χ2n) is 4.32. The summed E-state index contributed by atoms with van der Waals surface area (Å²) in [4.78, 5) is 14.5. The van der Waals surface area contributed by atoms with E-state index in [4.69, 9.17) is 11.6 Å². The Labute approximate surface area is 136 Å². The maximum Gasteiger partial charge on any atom is 0.254 e. The van der Waals surface area contributed by atoms with Crippen molar-refractivity contribution in [2.75, 3.05) is 12.4 Å². The summed E-state index contributed by atoms with van der Waals surface area (Å²) in [7, 11) is 0. The number of benzene rings is 1. The molecule has 0 saturated carbocycles. The summed E-state index contributed by atoms with van der Waals surface area (Å²) in [5, 5.41) is 0. The fourth-order valence-electron chi connectivity index (χ4n) is 2.11. The highest BCUT2D eigenvalue weighted by Crippen LogP contribution is 2.22. The average Bonchev–Trinajstić information content (AvgIpc) is 2.37. The molecular formula is C14H18Br2ClNO. The molecule has 5 heteroatoms. The molecule has 1 aromatic carbocycles. The van der Waals surface area contributed by atoms with E-state index in [-0.39, 0.29) is 11.9 Å². The van der Waals surface area contributed by atoms with E-state index >= 15 is 0 Å². The molecule has 0 bridgehead atoms. The second kappa shape index (κ2) is 8.28. The van der Waals surface area contributed by atoms with Crippen molar-refractivity contribution < 1.29 is 4.79 Å². The van der Waals surface area contributed by atoms with Crippen molar-refractivity contribution in [3.05, 3.63) is 32.7 Å². The predicted octanol–water partition coefficient (Wildman–Crippen LogP) is 5.08. The zero-order valence-electron chi connectivity index (χ0n) is 11.1. The molecule has 0 spiro atoms. The number of carbonyl (C=O) groups is 1. The molecule has 0 atom stereocenters. The molecular weight excluding hydrogens is 393 g/mol. The van der Waals surface area contributed by atoms with E-state index in [0.29, 0.717) is 18.0 Å². The standard InChI is InChI=1S/C14H18Br2ClNO/c1-3-13(4-2)18(6-5-17)14(19)10-7-11(15)9-12(16)8-10/h7-9,13H,3-6H2,1-2H3. The Morgan fingerprint density at radius 3 is 2.16 bits per heavy atom. The first-order valence-electron chi connectivity index (χ1n) is 6.36. The maximum atomic E-state index is 12.6. The van der Waals surface area contributed by atoms with Crippen LogP contribution in [-0.2, 0) is 0 Å². The average molecular weight is 412 g/mol. The number of halogens is 3. The molecule has 2 nitrogen and oxygen atoms in total. The number of alkyl halides is 1. The lowest BCUT2D eigenvalue weighted by Crippen LogP contribution is -2.41. The SMILES string of the molecule is CCC(CC)N(CCCl)C(=O)c1cc(Br)cc(Br)c1. The molecule has 0 fully saturated rings. The monoisotopic (exact) mass is 409 g/mol. The Morgan fingerprint density at radius 2 is 1.74 bits per heavy atom. The van der Waals surface area contributed by atoms with Gasteiger partial charge < -0.3 is 4.90 Å². The lowest BCUT2D eigenvalue weighted by molar-refractivity contribution is 0.0681. The van der Waals surface area contributed by atoms with Crippen LogP contribution in [-0.4, -0.2) is 29.3 Å². The van der Waals surface area contributed by atoms with Crippen molar-refractivity contribution in [2.24, 2.45) is 0 Å². The zero-order chi connectivity index (χ0) is 14.4. The van der Waals surface area contributed by atoms with E-state index in [0.717, 1.165) is 21.8 Å². The normalized spacial score (nSPS) is 10.8. The molecule has 1 rings (SSSR count). The number of nitrogens with zero attached hydrogens (tertiary/aromatic N) is 1. The van der Waals surface area contributed by atoms with Crippen molar-refractivity contribution in [3.8, 4) is 0 Å². The van der Waals surface area contributed by atoms with Gasteiger partial charge in [-0.1, -0.05) is 45.7 Å². The van der Waals surface area contributed by atoms with Gasteiger partial charge in [-0.15, -0.1) is 11.6 Å². The van der Waals surface area contributed by atoms with Crippen LogP contribution in [0.1, 0.15) is 37.0 Å². The van der Waals surface area contributed by atoms with E-state index in [1.807, 2.05) is 23.1 Å². The van der Waals surface area contributed by atoms with Crippen LogP contribution in [0.3, 0.4) is 0 Å². The molecule has 0 unspecified atom stereocenters. The molecule has 19 heavy (non-hydrogen) atoms. The Bertz CT molecular complexity index is 415. The number of carbonyl (C=O) groups excluding carboxylic acids is 1. The topological polar surface area (TPSA) is 20.3 Å². The molecule has 0 aromatic heterocycles. The number of rotatable bonds is 6. The van der Waals surface area contributed by atoms with Crippen molar-refractivity contribution in [3.63, 3.8) is 0 Å². The number of amides is 1. The highest BCUT2D eigenvalue weighted by Gasteiger charge is 2.22. The highest BCUT2D eigenvalue weighted by atomic mass is 79.9. The fraction of sp³-hybridized carbons (Fsp3) is 0.500. The van der Waals surface area contributed by atoms with Gasteiger partial charge in [-0.3, -0.25) is 4.79 Å². The molecule has 0 aliphatic carbocycles. The van der Waals surface area contributed by atoms with Gasteiger partial charge in [-0.2, -0.15) is 0 Å². The van der Waals surface area contributed by atoms with Gasteiger partial charge in [0.2, 0.25) is 0 Å². The van der Waals surface area contributed by atoms with Gasteiger partial charge in [0.15, 0.2) is 0 Å².